The zero-order valence-electron chi connectivity index (χ0n) is 22.0. The van der Waals surface area contributed by atoms with Gasteiger partial charge in [-0.3, -0.25) is 9.36 Å². The Morgan fingerprint density at radius 2 is 1.72 bits per heavy atom. The van der Waals surface area contributed by atoms with Crippen LogP contribution in [0.25, 0.3) is 11.2 Å². The number of nitrogens with two attached hydrogens (primary N) is 1. The van der Waals surface area contributed by atoms with Crippen LogP contribution in [0.1, 0.15) is 55.4 Å². The lowest BCUT2D eigenvalue weighted by molar-refractivity contribution is -0.155. The molecule has 1 unspecified atom stereocenters. The van der Waals surface area contributed by atoms with E-state index in [-0.39, 0.29) is 18.0 Å². The molecule has 36 heavy (non-hydrogen) atoms. The number of hydrogen-bond donors (Lipinski definition) is 2. The maximum atomic E-state index is 13.9. The molecule has 2 heterocycles. The summed E-state index contributed by atoms with van der Waals surface area (Å²) >= 11 is 0. The van der Waals surface area contributed by atoms with Gasteiger partial charge in [-0.15, -0.1) is 0 Å². The fourth-order valence-corrected chi connectivity index (χ4v) is 5.30. The van der Waals surface area contributed by atoms with Crippen LogP contribution in [-0.2, 0) is 39.4 Å². The Bertz CT molecular complexity index is 1100. The summed E-state index contributed by atoms with van der Waals surface area (Å²) in [6.07, 6.45) is 0.0304. The minimum atomic E-state index is -3.94. The molecule has 13 nitrogen and oxygen atoms in total. The van der Waals surface area contributed by atoms with Gasteiger partial charge in [-0.2, -0.15) is 0 Å². The number of carbonyl (C=O) groups excluding carboxylic acids is 2. The molecule has 14 heteroatoms. The molecular formula is C22H37N6O7P. The number of nitrogens with one attached hydrogen (secondary N) is 1. The first kappa shape index (κ1) is 29.6. The molecule has 2 rings (SSSR count). The van der Waals surface area contributed by atoms with E-state index in [1.54, 1.807) is 45.5 Å². The number of hydrogen-bond acceptors (Lipinski definition) is 11. The molecule has 3 atom stereocenters. The van der Waals surface area contributed by atoms with Crippen LogP contribution in [0.3, 0.4) is 0 Å². The van der Waals surface area contributed by atoms with Gasteiger partial charge in [-0.1, -0.05) is 0 Å². The summed E-state index contributed by atoms with van der Waals surface area (Å²) in [6.45, 7) is 13.3. The van der Waals surface area contributed by atoms with Gasteiger partial charge < -0.3 is 29.0 Å². The predicted octanol–water partition coefficient (Wildman–Crippen LogP) is 2.64. The highest BCUT2D eigenvalue weighted by molar-refractivity contribution is 7.56. The first-order valence-electron chi connectivity index (χ1n) is 11.6. The molecule has 0 aliphatic rings. The molecule has 0 aromatic carbocycles. The van der Waals surface area contributed by atoms with Crippen LogP contribution in [0.15, 0.2) is 12.7 Å². The molecule has 0 amide bonds. The summed E-state index contributed by atoms with van der Waals surface area (Å²) in [4.78, 5) is 37.2. The van der Waals surface area contributed by atoms with E-state index in [4.69, 9.17) is 24.5 Å². The van der Waals surface area contributed by atoms with E-state index in [2.05, 4.69) is 20.0 Å². The number of nitrogens with zero attached hydrogens (tertiary/aromatic N) is 4. The lowest BCUT2D eigenvalue weighted by Crippen LogP contribution is -2.48. The Hall–Kier alpha value is -2.60. The highest BCUT2D eigenvalue weighted by atomic mass is 31.2. The van der Waals surface area contributed by atoms with E-state index in [0.717, 1.165) is 0 Å². The topological polar surface area (TPSA) is 170 Å². The summed E-state index contributed by atoms with van der Waals surface area (Å²) < 4.78 is 37.5. The third kappa shape index (κ3) is 8.22. The number of aromatic nitrogens is 4. The fourth-order valence-electron chi connectivity index (χ4n) is 3.14. The number of ether oxygens (including phenoxy) is 3. The monoisotopic (exact) mass is 528 g/mol. The first-order chi connectivity index (χ1) is 16.6. The van der Waals surface area contributed by atoms with Crippen LogP contribution >= 0.6 is 7.52 Å². The van der Waals surface area contributed by atoms with E-state index >= 15 is 0 Å². The van der Waals surface area contributed by atoms with Crippen LogP contribution in [0.4, 0.5) is 5.82 Å². The number of imidazole rings is 1. The predicted molar refractivity (Wildman–Crippen MR) is 133 cm³/mol. The van der Waals surface area contributed by atoms with Gasteiger partial charge in [0.25, 0.3) is 7.52 Å². The van der Waals surface area contributed by atoms with Crippen molar-refractivity contribution in [3.63, 3.8) is 0 Å². The van der Waals surface area contributed by atoms with Crippen molar-refractivity contribution in [2.45, 2.75) is 91.9 Å². The molecule has 0 saturated carbocycles. The molecule has 0 aliphatic heterocycles. The average Bonchev–Trinajstić information content (AvgIpc) is 3.15. The molecule has 0 saturated heterocycles. The lowest BCUT2D eigenvalue weighted by Gasteiger charge is -2.32. The zero-order valence-corrected chi connectivity index (χ0v) is 22.9. The molecule has 2 aromatic heterocycles. The minimum absolute atomic E-state index is 0.257. The standard InChI is InChI=1S/C22H37N6O7P/c1-13(2)33-20(29)16(6)35-36(31,27-22(7,8)21(30)34-14(3)4)12-32-15(5)9-28-11-26-17-18(23)24-10-25-19(17)28/h10-11,13-16H,9,12H2,1-8H3,(H,27,31)(H2,23,24,25)/t15-,16+,36?/m1/s1. The molecule has 0 aliphatic carbocycles. The summed E-state index contributed by atoms with van der Waals surface area (Å²) in [7, 11) is -3.94. The number of esters is 2. The largest absolute Gasteiger partial charge is 0.462 e. The summed E-state index contributed by atoms with van der Waals surface area (Å²) in [6, 6.07) is 0. The maximum absolute atomic E-state index is 13.9. The maximum Gasteiger partial charge on any atom is 0.335 e. The van der Waals surface area contributed by atoms with Crippen LogP contribution < -0.4 is 10.8 Å². The van der Waals surface area contributed by atoms with Crippen molar-refractivity contribution < 1.29 is 32.9 Å². The number of anilines is 1. The van der Waals surface area contributed by atoms with Crippen molar-refractivity contribution in [2.24, 2.45) is 0 Å². The van der Waals surface area contributed by atoms with E-state index in [1.165, 1.54) is 27.1 Å². The molecule has 202 valence electrons. The second kappa shape index (κ2) is 12.1. The van der Waals surface area contributed by atoms with E-state index in [0.29, 0.717) is 17.7 Å². The van der Waals surface area contributed by atoms with E-state index in [9.17, 15) is 14.2 Å². The summed E-state index contributed by atoms with van der Waals surface area (Å²) in [5, 5.41) is 2.74. The Balaban J connectivity index is 2.18. The number of nitrogen functional groups attached to an aromatic ring is 1. The Labute approximate surface area is 210 Å². The molecule has 2 aromatic rings. The van der Waals surface area contributed by atoms with Crippen molar-refractivity contribution in [2.75, 3.05) is 12.1 Å². The summed E-state index contributed by atoms with van der Waals surface area (Å²) in [5.74, 6) is -1.06. The van der Waals surface area contributed by atoms with Gasteiger partial charge in [0.05, 0.1) is 31.2 Å². The van der Waals surface area contributed by atoms with Gasteiger partial charge in [0, 0.05) is 0 Å². The Morgan fingerprint density at radius 1 is 1.08 bits per heavy atom. The first-order valence-corrected chi connectivity index (χ1v) is 13.5. The normalized spacial score (nSPS) is 15.6. The van der Waals surface area contributed by atoms with E-state index in [1.807, 2.05) is 0 Å². The second-order valence-corrected chi connectivity index (χ2v) is 11.6. The van der Waals surface area contributed by atoms with Crippen molar-refractivity contribution >= 4 is 36.4 Å². The van der Waals surface area contributed by atoms with Gasteiger partial charge in [-0.05, 0) is 55.4 Å². The molecular weight excluding hydrogens is 491 g/mol. The van der Waals surface area contributed by atoms with Gasteiger partial charge in [-0.25, -0.2) is 24.8 Å². The number of fused-ring (bicyclic) bond motifs is 1. The van der Waals surface area contributed by atoms with Crippen LogP contribution in [0.2, 0.25) is 0 Å². The number of rotatable bonds is 13. The van der Waals surface area contributed by atoms with Crippen molar-refractivity contribution in [1.82, 2.24) is 24.6 Å². The smallest absolute Gasteiger partial charge is 0.335 e. The van der Waals surface area contributed by atoms with Gasteiger partial charge in [0.15, 0.2) is 17.6 Å². The molecule has 0 spiro atoms. The Morgan fingerprint density at radius 3 is 2.33 bits per heavy atom. The van der Waals surface area contributed by atoms with Crippen molar-refractivity contribution in [3.8, 4) is 0 Å². The fraction of sp³-hybridized carbons (Fsp3) is 0.682. The summed E-state index contributed by atoms with van der Waals surface area (Å²) in [5.41, 5.74) is 5.42. The average molecular weight is 529 g/mol. The van der Waals surface area contributed by atoms with Crippen molar-refractivity contribution in [3.05, 3.63) is 12.7 Å². The van der Waals surface area contributed by atoms with Gasteiger partial charge >= 0.3 is 11.9 Å². The zero-order chi connectivity index (χ0) is 27.3. The highest BCUT2D eigenvalue weighted by Crippen LogP contribution is 2.46. The molecule has 0 bridgehead atoms. The molecule has 0 radical (unpaired) electrons. The van der Waals surface area contributed by atoms with Crippen molar-refractivity contribution in [1.29, 1.82) is 0 Å². The minimum Gasteiger partial charge on any atom is -0.462 e. The van der Waals surface area contributed by atoms with Gasteiger partial charge in [0.1, 0.15) is 23.7 Å². The highest BCUT2D eigenvalue weighted by Gasteiger charge is 2.41. The Kier molecular flexibility index (Phi) is 9.95. The van der Waals surface area contributed by atoms with Crippen LogP contribution in [0, 0.1) is 0 Å². The molecule has 3 N–H and O–H groups in total. The van der Waals surface area contributed by atoms with E-state index < -0.39 is 43.6 Å². The van der Waals surface area contributed by atoms with Crippen LogP contribution in [-0.4, -0.2) is 67.8 Å². The molecule has 0 fully saturated rings. The second-order valence-electron chi connectivity index (χ2n) is 9.53. The lowest BCUT2D eigenvalue weighted by atomic mass is 10.1. The van der Waals surface area contributed by atoms with Gasteiger partial charge in [0.2, 0.25) is 0 Å². The van der Waals surface area contributed by atoms with Crippen LogP contribution in [0.5, 0.6) is 0 Å². The third-order valence-corrected chi connectivity index (χ3v) is 6.77. The third-order valence-electron chi connectivity index (χ3n) is 4.73. The SMILES string of the molecule is CC(C)OC(=O)[C@H](C)OP(=O)(CO[C@H](C)Cn1cnc2c(N)ncnc21)NC(C)(C)C(=O)OC(C)C. The number of carbonyl (C=O) groups is 2. The quantitative estimate of drug-likeness (QED) is 0.288.